The largest absolute Gasteiger partial charge is 0.497 e. The summed E-state index contributed by atoms with van der Waals surface area (Å²) < 4.78 is 10.7. The molecule has 0 aliphatic heterocycles. The van der Waals surface area contributed by atoms with E-state index in [2.05, 4.69) is 17.4 Å². The number of hydrogen-bond acceptors (Lipinski definition) is 3. The van der Waals surface area contributed by atoms with Gasteiger partial charge in [0.1, 0.15) is 18.1 Å². The van der Waals surface area contributed by atoms with Crippen LogP contribution in [0.5, 0.6) is 11.5 Å². The zero-order valence-electron chi connectivity index (χ0n) is 13.2. The Kier molecular flexibility index (Phi) is 4.81. The van der Waals surface area contributed by atoms with E-state index < -0.39 is 0 Å². The molecule has 4 heteroatoms. The van der Waals surface area contributed by atoms with E-state index in [0.29, 0.717) is 19.1 Å². The topological polar surface area (TPSA) is 47.6 Å². The first-order valence-electron chi connectivity index (χ1n) is 7.87. The van der Waals surface area contributed by atoms with Crippen LogP contribution in [-0.2, 0) is 4.79 Å². The third-order valence-electron chi connectivity index (χ3n) is 4.08. The SMILES string of the molecule is COc1ccc(OCCNC(=O)C2CC2c2ccccc2)cc1. The Balaban J connectivity index is 1.37. The molecule has 2 unspecified atom stereocenters. The summed E-state index contributed by atoms with van der Waals surface area (Å²) >= 11 is 0. The fraction of sp³-hybridized carbons (Fsp3) is 0.316. The summed E-state index contributed by atoms with van der Waals surface area (Å²) in [5.74, 6) is 2.18. The van der Waals surface area contributed by atoms with Gasteiger partial charge in [-0.2, -0.15) is 0 Å². The zero-order chi connectivity index (χ0) is 16.1. The van der Waals surface area contributed by atoms with Crippen LogP contribution in [-0.4, -0.2) is 26.2 Å². The Bertz CT molecular complexity index is 639. The highest BCUT2D eigenvalue weighted by Gasteiger charge is 2.43. The number of nitrogens with one attached hydrogen (secondary N) is 1. The van der Waals surface area contributed by atoms with Gasteiger partial charge < -0.3 is 14.8 Å². The molecule has 3 rings (SSSR count). The molecule has 1 aliphatic carbocycles. The minimum Gasteiger partial charge on any atom is -0.497 e. The molecule has 2 atom stereocenters. The van der Waals surface area contributed by atoms with E-state index in [1.807, 2.05) is 42.5 Å². The normalized spacial score (nSPS) is 19.0. The van der Waals surface area contributed by atoms with Gasteiger partial charge in [-0.05, 0) is 42.2 Å². The Morgan fingerprint density at radius 2 is 1.78 bits per heavy atom. The van der Waals surface area contributed by atoms with Gasteiger partial charge in [-0.15, -0.1) is 0 Å². The van der Waals surface area contributed by atoms with Gasteiger partial charge in [-0.3, -0.25) is 4.79 Å². The monoisotopic (exact) mass is 311 g/mol. The third kappa shape index (κ3) is 4.03. The number of carbonyl (C=O) groups is 1. The quantitative estimate of drug-likeness (QED) is 0.800. The molecule has 0 heterocycles. The number of rotatable bonds is 7. The van der Waals surface area contributed by atoms with Crippen LogP contribution in [0, 0.1) is 5.92 Å². The summed E-state index contributed by atoms with van der Waals surface area (Å²) in [5.41, 5.74) is 1.25. The number of ether oxygens (including phenoxy) is 2. The van der Waals surface area contributed by atoms with E-state index in [-0.39, 0.29) is 11.8 Å². The summed E-state index contributed by atoms with van der Waals surface area (Å²) in [7, 11) is 1.63. The average molecular weight is 311 g/mol. The Labute approximate surface area is 136 Å². The smallest absolute Gasteiger partial charge is 0.223 e. The van der Waals surface area contributed by atoms with Gasteiger partial charge in [0.25, 0.3) is 0 Å². The predicted molar refractivity (Wildman–Crippen MR) is 88.8 cm³/mol. The molecule has 23 heavy (non-hydrogen) atoms. The lowest BCUT2D eigenvalue weighted by molar-refractivity contribution is -0.122. The first-order valence-corrected chi connectivity index (χ1v) is 7.87. The molecular weight excluding hydrogens is 290 g/mol. The second-order valence-electron chi connectivity index (χ2n) is 5.67. The average Bonchev–Trinajstić information content (AvgIpc) is 3.41. The van der Waals surface area contributed by atoms with E-state index in [4.69, 9.17) is 9.47 Å². The van der Waals surface area contributed by atoms with Crippen LogP contribution >= 0.6 is 0 Å². The van der Waals surface area contributed by atoms with Crippen LogP contribution in [0.2, 0.25) is 0 Å². The maximum Gasteiger partial charge on any atom is 0.223 e. The van der Waals surface area contributed by atoms with Crippen LogP contribution in [0.1, 0.15) is 17.9 Å². The predicted octanol–water partition coefficient (Wildman–Crippen LogP) is 2.99. The molecule has 1 amide bonds. The van der Waals surface area contributed by atoms with E-state index in [0.717, 1.165) is 17.9 Å². The molecule has 4 nitrogen and oxygen atoms in total. The van der Waals surface area contributed by atoms with Crippen molar-refractivity contribution in [3.8, 4) is 11.5 Å². The molecular formula is C19H21NO3. The zero-order valence-corrected chi connectivity index (χ0v) is 13.2. The van der Waals surface area contributed by atoms with Gasteiger partial charge in [0.2, 0.25) is 5.91 Å². The molecule has 120 valence electrons. The number of benzene rings is 2. The number of carbonyl (C=O) groups excluding carboxylic acids is 1. The lowest BCUT2D eigenvalue weighted by Gasteiger charge is -2.08. The van der Waals surface area contributed by atoms with E-state index in [1.165, 1.54) is 5.56 Å². The maximum absolute atomic E-state index is 12.1. The molecule has 0 radical (unpaired) electrons. The van der Waals surface area contributed by atoms with Gasteiger partial charge in [0, 0.05) is 5.92 Å². The Hall–Kier alpha value is -2.49. The Morgan fingerprint density at radius 1 is 1.09 bits per heavy atom. The van der Waals surface area contributed by atoms with E-state index in [9.17, 15) is 4.79 Å². The van der Waals surface area contributed by atoms with Gasteiger partial charge in [-0.1, -0.05) is 30.3 Å². The second kappa shape index (κ2) is 7.18. The Morgan fingerprint density at radius 3 is 2.48 bits per heavy atom. The summed E-state index contributed by atoms with van der Waals surface area (Å²) in [5, 5.41) is 2.95. The van der Waals surface area contributed by atoms with Crippen LogP contribution in [0.4, 0.5) is 0 Å². The fourth-order valence-electron chi connectivity index (χ4n) is 2.70. The first kappa shape index (κ1) is 15.4. The first-order chi connectivity index (χ1) is 11.3. The maximum atomic E-state index is 12.1. The minimum absolute atomic E-state index is 0.110. The van der Waals surface area contributed by atoms with Crippen molar-refractivity contribution in [2.75, 3.05) is 20.3 Å². The number of hydrogen-bond donors (Lipinski definition) is 1. The lowest BCUT2D eigenvalue weighted by Crippen LogP contribution is -2.29. The van der Waals surface area contributed by atoms with Crippen LogP contribution in [0.25, 0.3) is 0 Å². The second-order valence-corrected chi connectivity index (χ2v) is 5.67. The van der Waals surface area contributed by atoms with Crippen molar-refractivity contribution in [3.63, 3.8) is 0 Å². The van der Waals surface area contributed by atoms with Gasteiger partial charge in [0.05, 0.1) is 13.7 Å². The highest BCUT2D eigenvalue weighted by atomic mass is 16.5. The van der Waals surface area contributed by atoms with Crippen LogP contribution in [0.15, 0.2) is 54.6 Å². The molecule has 1 fully saturated rings. The molecule has 1 aliphatic rings. The molecule has 0 bridgehead atoms. The highest BCUT2D eigenvalue weighted by molar-refractivity contribution is 5.82. The molecule has 0 saturated heterocycles. The van der Waals surface area contributed by atoms with Gasteiger partial charge >= 0.3 is 0 Å². The van der Waals surface area contributed by atoms with Crippen LogP contribution < -0.4 is 14.8 Å². The lowest BCUT2D eigenvalue weighted by atomic mass is 10.1. The van der Waals surface area contributed by atoms with Crippen molar-refractivity contribution in [3.05, 3.63) is 60.2 Å². The minimum atomic E-state index is 0.110. The molecule has 0 spiro atoms. The van der Waals surface area contributed by atoms with Crippen molar-refractivity contribution >= 4 is 5.91 Å². The van der Waals surface area contributed by atoms with Crippen molar-refractivity contribution in [1.82, 2.24) is 5.32 Å². The summed E-state index contributed by atoms with van der Waals surface area (Å²) in [6.45, 7) is 0.976. The van der Waals surface area contributed by atoms with E-state index in [1.54, 1.807) is 7.11 Å². The van der Waals surface area contributed by atoms with Crippen molar-refractivity contribution < 1.29 is 14.3 Å². The molecule has 1 saturated carbocycles. The van der Waals surface area contributed by atoms with Crippen molar-refractivity contribution in [1.29, 1.82) is 0 Å². The van der Waals surface area contributed by atoms with Gasteiger partial charge in [0.15, 0.2) is 0 Å². The highest BCUT2D eigenvalue weighted by Crippen LogP contribution is 2.47. The summed E-state index contributed by atoms with van der Waals surface area (Å²) in [6.07, 6.45) is 0.940. The standard InChI is InChI=1S/C19H21NO3/c1-22-15-7-9-16(10-8-15)23-12-11-20-19(21)18-13-17(18)14-5-3-2-4-6-14/h2-10,17-18H,11-13H2,1H3,(H,20,21). The fourth-order valence-corrected chi connectivity index (χ4v) is 2.70. The third-order valence-corrected chi connectivity index (χ3v) is 4.08. The number of methoxy groups -OCH3 is 1. The van der Waals surface area contributed by atoms with E-state index >= 15 is 0 Å². The van der Waals surface area contributed by atoms with Crippen molar-refractivity contribution in [2.45, 2.75) is 12.3 Å². The summed E-state index contributed by atoms with van der Waals surface area (Å²) in [6, 6.07) is 17.6. The molecule has 2 aromatic rings. The van der Waals surface area contributed by atoms with Crippen molar-refractivity contribution in [2.24, 2.45) is 5.92 Å². The van der Waals surface area contributed by atoms with Gasteiger partial charge in [-0.25, -0.2) is 0 Å². The molecule has 2 aromatic carbocycles. The number of amides is 1. The molecule has 1 N–H and O–H groups in total. The van der Waals surface area contributed by atoms with Crippen LogP contribution in [0.3, 0.4) is 0 Å². The summed E-state index contributed by atoms with van der Waals surface area (Å²) in [4.78, 5) is 12.1. The molecule has 0 aromatic heterocycles.